The Kier molecular flexibility index (Phi) is 5.40. The largest absolute Gasteiger partial charge is 0.379 e. The minimum Gasteiger partial charge on any atom is -0.379 e. The van der Waals surface area contributed by atoms with Crippen LogP contribution >= 0.6 is 0 Å². The van der Waals surface area contributed by atoms with Crippen LogP contribution in [0.5, 0.6) is 0 Å². The highest BCUT2D eigenvalue weighted by Crippen LogP contribution is 2.27. The summed E-state index contributed by atoms with van der Waals surface area (Å²) in [6.45, 7) is 2.82. The average molecular weight is 310 g/mol. The van der Waals surface area contributed by atoms with Crippen molar-refractivity contribution in [2.24, 2.45) is 0 Å². The lowest BCUT2D eigenvalue weighted by atomic mass is 9.88. The molecule has 1 heterocycles. The minimum absolute atomic E-state index is 0.0459. The fraction of sp³-hybridized carbons (Fsp3) is 0.316. The zero-order valence-corrected chi connectivity index (χ0v) is 13.2. The van der Waals surface area contributed by atoms with Gasteiger partial charge >= 0.3 is 0 Å². The molecule has 1 saturated heterocycles. The lowest BCUT2D eigenvalue weighted by molar-refractivity contribution is -0.128. The molecule has 3 rings (SSSR count). The van der Waals surface area contributed by atoms with Crippen molar-refractivity contribution in [1.82, 2.24) is 10.4 Å². The second-order valence-corrected chi connectivity index (χ2v) is 5.71. The molecule has 0 aliphatic carbocycles. The van der Waals surface area contributed by atoms with Gasteiger partial charge in [-0.15, -0.1) is 0 Å². The Balaban J connectivity index is 1.72. The number of ether oxygens (including phenoxy) is 1. The number of nitrogens with zero attached hydrogens (tertiary/aromatic N) is 1. The first-order chi connectivity index (χ1) is 11.3. The number of carbonyl (C=O) groups is 1. The van der Waals surface area contributed by atoms with Crippen molar-refractivity contribution in [2.45, 2.75) is 12.3 Å². The quantitative estimate of drug-likeness (QED) is 0.923. The molecule has 2 aromatic carbocycles. The number of benzene rings is 2. The predicted molar refractivity (Wildman–Crippen MR) is 89.9 cm³/mol. The molecule has 0 bridgehead atoms. The third-order valence-electron chi connectivity index (χ3n) is 4.09. The third-order valence-corrected chi connectivity index (χ3v) is 4.09. The SMILES string of the molecule is O=C(CC(c1ccccc1)c1ccccc1)NN1CCOCC1. The van der Waals surface area contributed by atoms with Crippen LogP contribution in [0.15, 0.2) is 60.7 Å². The molecule has 1 aliphatic heterocycles. The smallest absolute Gasteiger partial charge is 0.235 e. The Morgan fingerprint density at radius 2 is 1.48 bits per heavy atom. The van der Waals surface area contributed by atoms with E-state index in [1.54, 1.807) is 0 Å². The molecule has 0 saturated carbocycles. The van der Waals surface area contributed by atoms with Crippen molar-refractivity contribution >= 4 is 5.91 Å². The van der Waals surface area contributed by atoms with Crippen molar-refractivity contribution in [3.8, 4) is 0 Å². The first-order valence-corrected chi connectivity index (χ1v) is 8.05. The molecule has 1 amide bonds. The Hall–Kier alpha value is -2.17. The number of hydrogen-bond acceptors (Lipinski definition) is 3. The molecule has 1 fully saturated rings. The Bertz CT molecular complexity index is 570. The number of amides is 1. The predicted octanol–water partition coefficient (Wildman–Crippen LogP) is 2.57. The van der Waals surface area contributed by atoms with Gasteiger partial charge in [-0.25, -0.2) is 5.01 Å². The minimum atomic E-state index is 0.0459. The van der Waals surface area contributed by atoms with Gasteiger partial charge in [0.25, 0.3) is 0 Å². The summed E-state index contributed by atoms with van der Waals surface area (Å²) in [4.78, 5) is 12.5. The van der Waals surface area contributed by atoms with Crippen LogP contribution in [0.4, 0.5) is 0 Å². The average Bonchev–Trinajstić information content (AvgIpc) is 2.62. The Morgan fingerprint density at radius 3 is 2.00 bits per heavy atom. The topological polar surface area (TPSA) is 41.6 Å². The van der Waals surface area contributed by atoms with E-state index in [9.17, 15) is 4.79 Å². The molecule has 0 atom stereocenters. The second kappa shape index (κ2) is 7.90. The summed E-state index contributed by atoms with van der Waals surface area (Å²) < 4.78 is 5.31. The maximum absolute atomic E-state index is 12.5. The van der Waals surface area contributed by atoms with Crippen LogP contribution in [-0.2, 0) is 9.53 Å². The van der Waals surface area contributed by atoms with Gasteiger partial charge in [0.1, 0.15) is 0 Å². The zero-order chi connectivity index (χ0) is 15.9. The summed E-state index contributed by atoms with van der Waals surface area (Å²) in [7, 11) is 0. The van der Waals surface area contributed by atoms with Gasteiger partial charge in [-0.1, -0.05) is 60.7 Å². The summed E-state index contributed by atoms with van der Waals surface area (Å²) in [5, 5.41) is 1.94. The number of hydrogen-bond donors (Lipinski definition) is 1. The molecule has 0 unspecified atom stereocenters. The first kappa shape index (κ1) is 15.7. The maximum Gasteiger partial charge on any atom is 0.235 e. The van der Waals surface area contributed by atoms with Gasteiger partial charge in [-0.3, -0.25) is 10.2 Å². The van der Waals surface area contributed by atoms with E-state index in [2.05, 4.69) is 29.7 Å². The molecular weight excluding hydrogens is 288 g/mol. The molecule has 4 heteroatoms. The van der Waals surface area contributed by atoms with Gasteiger partial charge < -0.3 is 4.74 Å². The van der Waals surface area contributed by atoms with Crippen molar-refractivity contribution < 1.29 is 9.53 Å². The molecule has 23 heavy (non-hydrogen) atoms. The molecule has 4 nitrogen and oxygen atoms in total. The van der Waals surface area contributed by atoms with Gasteiger partial charge in [0, 0.05) is 25.4 Å². The summed E-state index contributed by atoms with van der Waals surface area (Å²) in [6, 6.07) is 20.4. The number of nitrogens with one attached hydrogen (secondary N) is 1. The molecule has 0 radical (unpaired) electrons. The van der Waals surface area contributed by atoms with E-state index in [0.29, 0.717) is 19.6 Å². The van der Waals surface area contributed by atoms with Crippen LogP contribution in [-0.4, -0.2) is 37.2 Å². The van der Waals surface area contributed by atoms with Crippen molar-refractivity contribution in [3.05, 3.63) is 71.8 Å². The van der Waals surface area contributed by atoms with Gasteiger partial charge in [0.15, 0.2) is 0 Å². The van der Waals surface area contributed by atoms with Gasteiger partial charge in [0.05, 0.1) is 13.2 Å². The Morgan fingerprint density at radius 1 is 0.957 bits per heavy atom. The van der Waals surface area contributed by atoms with Crippen LogP contribution in [0.25, 0.3) is 0 Å². The van der Waals surface area contributed by atoms with Crippen molar-refractivity contribution in [3.63, 3.8) is 0 Å². The molecular formula is C19H22N2O2. The Labute approximate surface area is 137 Å². The highest BCUT2D eigenvalue weighted by Gasteiger charge is 2.20. The summed E-state index contributed by atoms with van der Waals surface area (Å²) in [6.07, 6.45) is 0.436. The summed E-state index contributed by atoms with van der Waals surface area (Å²) in [5.74, 6) is 0.114. The zero-order valence-electron chi connectivity index (χ0n) is 13.2. The molecule has 0 aromatic heterocycles. The third kappa shape index (κ3) is 4.41. The number of rotatable bonds is 5. The first-order valence-electron chi connectivity index (χ1n) is 8.05. The van der Waals surface area contributed by atoms with E-state index < -0.39 is 0 Å². The van der Waals surface area contributed by atoms with Crippen LogP contribution in [0.2, 0.25) is 0 Å². The number of morpholine rings is 1. The molecule has 120 valence electrons. The van der Waals surface area contributed by atoms with Gasteiger partial charge in [-0.05, 0) is 11.1 Å². The lowest BCUT2D eigenvalue weighted by Crippen LogP contribution is -2.48. The van der Waals surface area contributed by atoms with E-state index in [4.69, 9.17) is 4.74 Å². The fourth-order valence-corrected chi connectivity index (χ4v) is 2.88. The monoisotopic (exact) mass is 310 g/mol. The van der Waals surface area contributed by atoms with Gasteiger partial charge in [-0.2, -0.15) is 0 Å². The van der Waals surface area contributed by atoms with Crippen LogP contribution < -0.4 is 5.43 Å². The van der Waals surface area contributed by atoms with E-state index in [1.807, 2.05) is 41.4 Å². The summed E-state index contributed by atoms with van der Waals surface area (Å²) in [5.41, 5.74) is 5.33. The number of carbonyl (C=O) groups excluding carboxylic acids is 1. The van der Waals surface area contributed by atoms with Crippen LogP contribution in [0.1, 0.15) is 23.5 Å². The van der Waals surface area contributed by atoms with Crippen LogP contribution in [0.3, 0.4) is 0 Å². The van der Waals surface area contributed by atoms with Gasteiger partial charge in [0.2, 0.25) is 5.91 Å². The second-order valence-electron chi connectivity index (χ2n) is 5.71. The number of hydrazine groups is 1. The van der Waals surface area contributed by atoms with Crippen molar-refractivity contribution in [1.29, 1.82) is 0 Å². The molecule has 1 aliphatic rings. The van der Waals surface area contributed by atoms with E-state index >= 15 is 0 Å². The standard InChI is InChI=1S/C19H22N2O2/c22-19(20-21-11-13-23-14-12-21)15-18(16-7-3-1-4-8-16)17-9-5-2-6-10-17/h1-10,18H,11-15H2,(H,20,22). The molecule has 1 N–H and O–H groups in total. The highest BCUT2D eigenvalue weighted by molar-refractivity contribution is 5.77. The molecule has 2 aromatic rings. The van der Waals surface area contributed by atoms with E-state index in [0.717, 1.165) is 24.2 Å². The molecule has 0 spiro atoms. The van der Waals surface area contributed by atoms with E-state index in [-0.39, 0.29) is 11.8 Å². The summed E-state index contributed by atoms with van der Waals surface area (Å²) >= 11 is 0. The lowest BCUT2D eigenvalue weighted by Gasteiger charge is -2.28. The van der Waals surface area contributed by atoms with Crippen molar-refractivity contribution in [2.75, 3.05) is 26.3 Å². The normalized spacial score (nSPS) is 15.5. The maximum atomic E-state index is 12.5. The highest BCUT2D eigenvalue weighted by atomic mass is 16.5. The van der Waals surface area contributed by atoms with Crippen LogP contribution in [0, 0.1) is 0 Å². The fourth-order valence-electron chi connectivity index (χ4n) is 2.88. The van der Waals surface area contributed by atoms with E-state index in [1.165, 1.54) is 0 Å².